The van der Waals surface area contributed by atoms with Crippen molar-refractivity contribution >= 4 is 11.6 Å². The van der Waals surface area contributed by atoms with E-state index in [-0.39, 0.29) is 11.7 Å². The molecule has 0 radical (unpaired) electrons. The monoisotopic (exact) mass is 271 g/mol. The average Bonchev–Trinajstić information content (AvgIpc) is 2.47. The maximum Gasteiger partial charge on any atom is 0.255 e. The number of hydrogen-bond acceptors (Lipinski definition) is 4. The minimum Gasteiger partial charge on any atom is -0.508 e. The Bertz CT molecular complexity index is 654. The first-order chi connectivity index (χ1) is 9.72. The van der Waals surface area contributed by atoms with Gasteiger partial charge in [-0.05, 0) is 30.3 Å². The van der Waals surface area contributed by atoms with Crippen molar-refractivity contribution in [3.05, 3.63) is 48.0 Å². The van der Waals surface area contributed by atoms with Crippen LogP contribution in [0.1, 0.15) is 10.4 Å². The maximum absolute atomic E-state index is 12.0. The van der Waals surface area contributed by atoms with Crippen LogP contribution in [0.15, 0.2) is 42.5 Å². The Kier molecular flexibility index (Phi) is 3.16. The lowest BCUT2D eigenvalue weighted by molar-refractivity contribution is 0.102. The lowest BCUT2D eigenvalue weighted by atomic mass is 10.2. The van der Waals surface area contributed by atoms with Crippen molar-refractivity contribution in [1.82, 2.24) is 0 Å². The van der Waals surface area contributed by atoms with Crippen LogP contribution >= 0.6 is 0 Å². The van der Waals surface area contributed by atoms with Gasteiger partial charge >= 0.3 is 0 Å². The first kappa shape index (κ1) is 12.3. The van der Waals surface area contributed by atoms with E-state index in [1.165, 1.54) is 12.1 Å². The summed E-state index contributed by atoms with van der Waals surface area (Å²) in [4.78, 5) is 12.0. The number of carbonyl (C=O) groups excluding carboxylic acids is 1. The molecule has 1 heterocycles. The molecule has 0 saturated carbocycles. The number of aromatic hydroxyl groups is 1. The predicted molar refractivity (Wildman–Crippen MR) is 73.5 cm³/mol. The number of carbonyl (C=O) groups is 1. The van der Waals surface area contributed by atoms with Crippen LogP contribution in [-0.2, 0) is 0 Å². The van der Waals surface area contributed by atoms with Crippen LogP contribution in [-0.4, -0.2) is 24.2 Å². The van der Waals surface area contributed by atoms with E-state index in [9.17, 15) is 9.90 Å². The Balaban J connectivity index is 1.79. The Morgan fingerprint density at radius 3 is 2.65 bits per heavy atom. The molecule has 5 nitrogen and oxygen atoms in total. The van der Waals surface area contributed by atoms with Crippen molar-refractivity contribution < 1.29 is 19.4 Å². The summed E-state index contributed by atoms with van der Waals surface area (Å²) < 4.78 is 10.9. The first-order valence-corrected chi connectivity index (χ1v) is 6.22. The zero-order valence-corrected chi connectivity index (χ0v) is 10.6. The topological polar surface area (TPSA) is 67.8 Å². The molecule has 1 amide bonds. The molecule has 0 fully saturated rings. The molecular weight excluding hydrogens is 258 g/mol. The van der Waals surface area contributed by atoms with Crippen molar-refractivity contribution in [3.63, 3.8) is 0 Å². The fraction of sp³-hybridized carbons (Fsp3) is 0.133. The number of phenolic OH excluding ortho intramolecular Hbond substituents is 1. The SMILES string of the molecule is O=C(Nc1ccc2c(c1)OCCO2)c1cccc(O)c1. The molecule has 0 spiro atoms. The van der Waals surface area contributed by atoms with Gasteiger partial charge in [0.15, 0.2) is 11.5 Å². The zero-order valence-electron chi connectivity index (χ0n) is 10.6. The number of nitrogens with one attached hydrogen (secondary N) is 1. The Morgan fingerprint density at radius 2 is 1.85 bits per heavy atom. The van der Waals surface area contributed by atoms with Crippen molar-refractivity contribution in [3.8, 4) is 17.2 Å². The largest absolute Gasteiger partial charge is 0.508 e. The highest BCUT2D eigenvalue weighted by atomic mass is 16.6. The van der Waals surface area contributed by atoms with Crippen LogP contribution in [0.5, 0.6) is 17.2 Å². The van der Waals surface area contributed by atoms with Gasteiger partial charge in [0.25, 0.3) is 5.91 Å². The molecule has 0 bridgehead atoms. The second-order valence-corrected chi connectivity index (χ2v) is 4.36. The Labute approximate surface area is 115 Å². The summed E-state index contributed by atoms with van der Waals surface area (Å²) in [5.74, 6) is 1.05. The lowest BCUT2D eigenvalue weighted by Gasteiger charge is -2.19. The van der Waals surface area contributed by atoms with E-state index in [1.807, 2.05) is 0 Å². The molecule has 2 N–H and O–H groups in total. The maximum atomic E-state index is 12.0. The number of phenols is 1. The van der Waals surface area contributed by atoms with E-state index in [0.29, 0.717) is 36.0 Å². The molecule has 2 aromatic carbocycles. The van der Waals surface area contributed by atoms with Crippen molar-refractivity contribution in [2.24, 2.45) is 0 Å². The lowest BCUT2D eigenvalue weighted by Crippen LogP contribution is -2.16. The van der Waals surface area contributed by atoms with Gasteiger partial charge in [-0.1, -0.05) is 6.07 Å². The van der Waals surface area contributed by atoms with E-state index < -0.39 is 0 Å². The van der Waals surface area contributed by atoms with Crippen molar-refractivity contribution in [2.75, 3.05) is 18.5 Å². The third kappa shape index (κ3) is 2.51. The molecule has 1 aliphatic rings. The molecule has 0 unspecified atom stereocenters. The van der Waals surface area contributed by atoms with Gasteiger partial charge in [-0.25, -0.2) is 0 Å². The molecule has 0 atom stereocenters. The quantitative estimate of drug-likeness (QED) is 0.880. The van der Waals surface area contributed by atoms with Crippen LogP contribution in [0.4, 0.5) is 5.69 Å². The minimum atomic E-state index is -0.294. The summed E-state index contributed by atoms with van der Waals surface area (Å²) in [5.41, 5.74) is 1.00. The smallest absolute Gasteiger partial charge is 0.255 e. The van der Waals surface area contributed by atoms with Crippen LogP contribution in [0.3, 0.4) is 0 Å². The van der Waals surface area contributed by atoms with Gasteiger partial charge in [0.2, 0.25) is 0 Å². The van der Waals surface area contributed by atoms with Gasteiger partial charge in [-0.15, -0.1) is 0 Å². The fourth-order valence-electron chi connectivity index (χ4n) is 1.97. The highest BCUT2D eigenvalue weighted by Crippen LogP contribution is 2.32. The van der Waals surface area contributed by atoms with E-state index in [1.54, 1.807) is 30.3 Å². The summed E-state index contributed by atoms with van der Waals surface area (Å²) in [6, 6.07) is 11.4. The number of benzene rings is 2. The van der Waals surface area contributed by atoms with Gasteiger partial charge < -0.3 is 19.9 Å². The van der Waals surface area contributed by atoms with Crippen LogP contribution < -0.4 is 14.8 Å². The molecular formula is C15H13NO4. The average molecular weight is 271 g/mol. The van der Waals surface area contributed by atoms with Gasteiger partial charge in [-0.2, -0.15) is 0 Å². The molecule has 20 heavy (non-hydrogen) atoms. The standard InChI is InChI=1S/C15H13NO4/c17-12-3-1-2-10(8-12)15(18)16-11-4-5-13-14(9-11)20-7-6-19-13/h1-5,8-9,17H,6-7H2,(H,16,18). The summed E-state index contributed by atoms with van der Waals surface area (Å²) >= 11 is 0. The number of ether oxygens (including phenoxy) is 2. The second kappa shape index (κ2) is 5.13. The van der Waals surface area contributed by atoms with Crippen LogP contribution in [0, 0.1) is 0 Å². The molecule has 3 rings (SSSR count). The Hall–Kier alpha value is -2.69. The number of amides is 1. The number of anilines is 1. The molecule has 0 aromatic heterocycles. The van der Waals surface area contributed by atoms with Gasteiger partial charge in [0.05, 0.1) is 0 Å². The molecule has 0 saturated heterocycles. The highest BCUT2D eigenvalue weighted by Gasteiger charge is 2.13. The number of hydrogen-bond donors (Lipinski definition) is 2. The first-order valence-electron chi connectivity index (χ1n) is 6.22. The normalized spacial score (nSPS) is 12.8. The Morgan fingerprint density at radius 1 is 1.05 bits per heavy atom. The zero-order chi connectivity index (χ0) is 13.9. The molecule has 2 aromatic rings. The van der Waals surface area contributed by atoms with Crippen LogP contribution in [0.2, 0.25) is 0 Å². The summed E-state index contributed by atoms with van der Waals surface area (Å²) in [5, 5.41) is 12.1. The fourth-order valence-corrected chi connectivity index (χ4v) is 1.97. The van der Waals surface area contributed by atoms with E-state index in [2.05, 4.69) is 5.32 Å². The van der Waals surface area contributed by atoms with E-state index >= 15 is 0 Å². The highest BCUT2D eigenvalue weighted by molar-refractivity contribution is 6.04. The summed E-state index contributed by atoms with van der Waals surface area (Å²) in [6.45, 7) is 1.03. The summed E-state index contributed by atoms with van der Waals surface area (Å²) in [7, 11) is 0. The van der Waals surface area contributed by atoms with Gasteiger partial charge in [-0.3, -0.25) is 4.79 Å². The van der Waals surface area contributed by atoms with Crippen molar-refractivity contribution in [2.45, 2.75) is 0 Å². The third-order valence-electron chi connectivity index (χ3n) is 2.91. The number of rotatable bonds is 2. The molecule has 0 aliphatic carbocycles. The van der Waals surface area contributed by atoms with Gasteiger partial charge in [0.1, 0.15) is 19.0 Å². The molecule has 1 aliphatic heterocycles. The summed E-state index contributed by atoms with van der Waals surface area (Å²) in [6.07, 6.45) is 0. The molecule has 102 valence electrons. The third-order valence-corrected chi connectivity index (χ3v) is 2.91. The predicted octanol–water partition coefficient (Wildman–Crippen LogP) is 2.42. The van der Waals surface area contributed by atoms with Gasteiger partial charge in [0, 0.05) is 17.3 Å². The van der Waals surface area contributed by atoms with E-state index in [0.717, 1.165) is 0 Å². The second-order valence-electron chi connectivity index (χ2n) is 4.36. The van der Waals surface area contributed by atoms with Crippen molar-refractivity contribution in [1.29, 1.82) is 0 Å². The minimum absolute atomic E-state index is 0.0554. The molecule has 5 heteroatoms. The van der Waals surface area contributed by atoms with E-state index in [4.69, 9.17) is 9.47 Å². The number of fused-ring (bicyclic) bond motifs is 1. The van der Waals surface area contributed by atoms with Crippen LogP contribution in [0.25, 0.3) is 0 Å².